The lowest BCUT2D eigenvalue weighted by Crippen LogP contribution is -2.07. The highest BCUT2D eigenvalue weighted by molar-refractivity contribution is 7.98. The zero-order valence-corrected chi connectivity index (χ0v) is 12.9. The first-order valence-electron chi connectivity index (χ1n) is 6.39. The number of nitrogen functional groups attached to an aromatic ring is 1. The molecule has 7 nitrogen and oxygen atoms in total. The number of rotatable bonds is 5. The maximum absolute atomic E-state index is 11.3. The van der Waals surface area contributed by atoms with Crippen molar-refractivity contribution in [2.45, 2.75) is 30.8 Å². The van der Waals surface area contributed by atoms with Gasteiger partial charge in [-0.2, -0.15) is 0 Å². The molecule has 0 aliphatic carbocycles. The minimum Gasteiger partial charge on any atom is -0.465 e. The summed E-state index contributed by atoms with van der Waals surface area (Å²) in [7, 11) is 1.34. The maximum Gasteiger partial charge on any atom is 0.339 e. The minimum atomic E-state index is -0.394. The Kier molecular flexibility index (Phi) is 4.79. The van der Waals surface area contributed by atoms with E-state index in [0.29, 0.717) is 17.3 Å². The molecule has 2 heterocycles. The highest BCUT2D eigenvalue weighted by Gasteiger charge is 2.13. The highest BCUT2D eigenvalue weighted by atomic mass is 32.2. The van der Waals surface area contributed by atoms with Crippen molar-refractivity contribution in [3.8, 4) is 0 Å². The smallest absolute Gasteiger partial charge is 0.339 e. The number of carbonyl (C=O) groups is 1. The monoisotopic (exact) mass is 307 g/mol. The Morgan fingerprint density at radius 1 is 1.43 bits per heavy atom. The number of anilines is 1. The first kappa shape index (κ1) is 15.3. The molecule has 0 radical (unpaired) electrons. The van der Waals surface area contributed by atoms with Gasteiger partial charge in [0.1, 0.15) is 0 Å². The van der Waals surface area contributed by atoms with Gasteiger partial charge in [0.15, 0.2) is 5.16 Å². The van der Waals surface area contributed by atoms with E-state index < -0.39 is 5.97 Å². The number of ether oxygens (including phenoxy) is 1. The summed E-state index contributed by atoms with van der Waals surface area (Å²) in [5.74, 6) is 0.627. The molecule has 0 saturated heterocycles. The van der Waals surface area contributed by atoms with Gasteiger partial charge >= 0.3 is 5.97 Å². The summed E-state index contributed by atoms with van der Waals surface area (Å²) in [6.07, 6.45) is 1.50. The van der Waals surface area contributed by atoms with Gasteiger partial charge in [-0.15, -0.1) is 10.2 Å². The molecule has 2 aromatic heterocycles. The Labute approximate surface area is 126 Å². The third-order valence-electron chi connectivity index (χ3n) is 2.80. The molecule has 2 aromatic rings. The second kappa shape index (κ2) is 6.57. The summed E-state index contributed by atoms with van der Waals surface area (Å²) < 4.78 is 6.50. The fourth-order valence-corrected chi connectivity index (χ4v) is 2.75. The topological polar surface area (TPSA) is 95.9 Å². The fourth-order valence-electron chi connectivity index (χ4n) is 1.76. The van der Waals surface area contributed by atoms with Gasteiger partial charge in [0.05, 0.1) is 18.4 Å². The lowest BCUT2D eigenvalue weighted by Gasteiger charge is -2.11. The molecule has 0 amide bonds. The minimum absolute atomic E-state index is 0.192. The van der Waals surface area contributed by atoms with Crippen molar-refractivity contribution in [3.63, 3.8) is 0 Å². The second-order valence-corrected chi connectivity index (χ2v) is 5.57. The highest BCUT2D eigenvalue weighted by Crippen LogP contribution is 2.25. The largest absolute Gasteiger partial charge is 0.465 e. The molecule has 0 aliphatic rings. The Bertz CT molecular complexity index is 624. The predicted octanol–water partition coefficient (Wildman–Crippen LogP) is 1.92. The number of carbonyl (C=O) groups excluding carboxylic acids is 1. The SMILES string of the molecule is COC(=O)c1ccc(CSc2nnc(N)n2C(C)C)nc1. The maximum atomic E-state index is 11.3. The van der Waals surface area contributed by atoms with E-state index in [1.165, 1.54) is 25.1 Å². The lowest BCUT2D eigenvalue weighted by atomic mass is 10.2. The number of aromatic nitrogens is 4. The van der Waals surface area contributed by atoms with E-state index in [9.17, 15) is 4.79 Å². The summed E-state index contributed by atoms with van der Waals surface area (Å²) in [6.45, 7) is 4.04. The Balaban J connectivity index is 2.05. The molecule has 0 spiro atoms. The normalized spacial score (nSPS) is 10.9. The molecule has 0 aliphatic heterocycles. The zero-order valence-electron chi connectivity index (χ0n) is 12.1. The van der Waals surface area contributed by atoms with Crippen molar-refractivity contribution in [3.05, 3.63) is 29.6 Å². The molecule has 8 heteroatoms. The molecule has 112 valence electrons. The van der Waals surface area contributed by atoms with E-state index >= 15 is 0 Å². The molecule has 0 saturated carbocycles. The number of nitrogens with zero attached hydrogens (tertiary/aromatic N) is 4. The van der Waals surface area contributed by atoms with Crippen molar-refractivity contribution in [2.24, 2.45) is 0 Å². The molecule has 2 N–H and O–H groups in total. The molecule has 21 heavy (non-hydrogen) atoms. The van der Waals surface area contributed by atoms with E-state index in [0.717, 1.165) is 10.9 Å². The van der Waals surface area contributed by atoms with Gasteiger partial charge in [0.2, 0.25) is 5.95 Å². The number of methoxy groups -OCH3 is 1. The summed E-state index contributed by atoms with van der Waals surface area (Å²) in [5, 5.41) is 8.70. The molecular formula is C13H17N5O2S. The first-order valence-corrected chi connectivity index (χ1v) is 7.38. The van der Waals surface area contributed by atoms with Gasteiger partial charge in [0.25, 0.3) is 0 Å². The van der Waals surface area contributed by atoms with Crippen molar-refractivity contribution in [1.29, 1.82) is 0 Å². The Morgan fingerprint density at radius 3 is 2.76 bits per heavy atom. The number of esters is 1. The molecule has 0 atom stereocenters. The van der Waals surface area contributed by atoms with Gasteiger partial charge in [0, 0.05) is 18.0 Å². The summed E-state index contributed by atoms with van der Waals surface area (Å²) in [6, 6.07) is 3.67. The number of pyridine rings is 1. The summed E-state index contributed by atoms with van der Waals surface area (Å²) in [5.41, 5.74) is 7.06. The van der Waals surface area contributed by atoms with Crippen LogP contribution in [-0.4, -0.2) is 32.8 Å². The Morgan fingerprint density at radius 2 is 2.19 bits per heavy atom. The van der Waals surface area contributed by atoms with Crippen LogP contribution in [-0.2, 0) is 10.5 Å². The quantitative estimate of drug-likeness (QED) is 0.665. The number of hydrogen-bond donors (Lipinski definition) is 1. The summed E-state index contributed by atoms with van der Waals surface area (Å²) >= 11 is 1.50. The zero-order chi connectivity index (χ0) is 15.4. The van der Waals surface area contributed by atoms with Crippen LogP contribution >= 0.6 is 11.8 Å². The van der Waals surface area contributed by atoms with Crippen LogP contribution in [0.4, 0.5) is 5.95 Å². The van der Waals surface area contributed by atoms with Crippen molar-refractivity contribution < 1.29 is 9.53 Å². The standard InChI is InChI=1S/C13H17N5O2S/c1-8(2)18-12(14)16-17-13(18)21-7-10-5-4-9(6-15-10)11(19)20-3/h4-6,8H,7H2,1-3H3,(H2,14,16). The van der Waals surface area contributed by atoms with Crippen LogP contribution in [0.3, 0.4) is 0 Å². The van der Waals surface area contributed by atoms with Gasteiger partial charge < -0.3 is 10.5 Å². The van der Waals surface area contributed by atoms with E-state index in [1.807, 2.05) is 18.4 Å². The van der Waals surface area contributed by atoms with Crippen molar-refractivity contribution >= 4 is 23.7 Å². The van der Waals surface area contributed by atoms with Gasteiger partial charge in [-0.25, -0.2) is 4.79 Å². The molecule has 0 aromatic carbocycles. The van der Waals surface area contributed by atoms with Crippen LogP contribution in [0.1, 0.15) is 35.9 Å². The number of hydrogen-bond acceptors (Lipinski definition) is 7. The van der Waals surface area contributed by atoms with E-state index in [2.05, 4.69) is 19.9 Å². The van der Waals surface area contributed by atoms with Gasteiger partial charge in [-0.3, -0.25) is 9.55 Å². The summed E-state index contributed by atoms with van der Waals surface area (Å²) in [4.78, 5) is 15.6. The average molecular weight is 307 g/mol. The number of nitrogens with two attached hydrogens (primary N) is 1. The van der Waals surface area contributed by atoms with Gasteiger partial charge in [-0.1, -0.05) is 11.8 Å². The number of thioether (sulfide) groups is 1. The van der Waals surface area contributed by atoms with Gasteiger partial charge in [-0.05, 0) is 26.0 Å². The first-order chi connectivity index (χ1) is 10.0. The van der Waals surface area contributed by atoms with Crippen molar-refractivity contribution in [2.75, 3.05) is 12.8 Å². The van der Waals surface area contributed by atoms with Crippen LogP contribution < -0.4 is 5.73 Å². The molecule has 0 unspecified atom stereocenters. The predicted molar refractivity (Wildman–Crippen MR) is 80.0 cm³/mol. The van der Waals surface area contributed by atoms with Crippen LogP contribution in [0.5, 0.6) is 0 Å². The molecule has 2 rings (SSSR count). The third kappa shape index (κ3) is 3.52. The molecule has 0 bridgehead atoms. The van der Waals surface area contributed by atoms with Crippen LogP contribution in [0.15, 0.2) is 23.5 Å². The lowest BCUT2D eigenvalue weighted by molar-refractivity contribution is 0.0600. The Hall–Kier alpha value is -2.09. The molecular weight excluding hydrogens is 290 g/mol. The fraction of sp³-hybridized carbons (Fsp3) is 0.385. The second-order valence-electron chi connectivity index (χ2n) is 4.62. The van der Waals surface area contributed by atoms with Crippen LogP contribution in [0.25, 0.3) is 0 Å². The molecule has 0 fully saturated rings. The van der Waals surface area contributed by atoms with E-state index in [1.54, 1.807) is 12.1 Å². The third-order valence-corrected chi connectivity index (χ3v) is 3.78. The van der Waals surface area contributed by atoms with E-state index in [4.69, 9.17) is 5.73 Å². The van der Waals surface area contributed by atoms with Crippen LogP contribution in [0.2, 0.25) is 0 Å². The van der Waals surface area contributed by atoms with E-state index in [-0.39, 0.29) is 6.04 Å². The average Bonchev–Trinajstić information content (AvgIpc) is 2.86. The van der Waals surface area contributed by atoms with Crippen molar-refractivity contribution in [1.82, 2.24) is 19.7 Å². The van der Waals surface area contributed by atoms with Crippen LogP contribution in [0, 0.1) is 0 Å².